The quantitative estimate of drug-likeness (QED) is 0.499. The Labute approximate surface area is 133 Å². The van der Waals surface area contributed by atoms with E-state index in [1.807, 2.05) is 0 Å². The van der Waals surface area contributed by atoms with E-state index >= 15 is 0 Å². The van der Waals surface area contributed by atoms with Crippen molar-refractivity contribution < 1.29 is 39.1 Å². The minimum Gasteiger partial charge on any atom is -0.743 e. The summed E-state index contributed by atoms with van der Waals surface area (Å²) in [6.45, 7) is 1.42. The highest BCUT2D eigenvalue weighted by Crippen LogP contribution is 2.64. The number of carbonyl (C=O) groups is 1. The fraction of sp³-hybridized carbons (Fsp3) is 0.917. The van der Waals surface area contributed by atoms with E-state index < -0.39 is 48.7 Å². The maximum Gasteiger partial charge on any atom is 0.358 e. The minimum atomic E-state index is -6.04. The molecule has 0 aromatic carbocycles. The number of rotatable bonds is 6. The van der Waals surface area contributed by atoms with Crippen LogP contribution >= 0.6 is 0 Å². The summed E-state index contributed by atoms with van der Waals surface area (Å²) < 4.78 is 85.2. The van der Waals surface area contributed by atoms with Crippen LogP contribution in [0.4, 0.5) is 8.78 Å². The first kappa shape index (κ1) is 18.7. The van der Waals surface area contributed by atoms with Crippen LogP contribution in [0.2, 0.25) is 0 Å². The predicted octanol–water partition coefficient (Wildman–Crippen LogP) is 0.866. The third-order valence-corrected chi connectivity index (χ3v) is 7.51. The molecule has 2 aliphatic rings. The van der Waals surface area contributed by atoms with Gasteiger partial charge in [-0.3, -0.25) is 8.98 Å². The highest BCUT2D eigenvalue weighted by atomic mass is 32.2. The Morgan fingerprint density at radius 2 is 1.87 bits per heavy atom. The molecule has 0 aliphatic heterocycles. The summed E-state index contributed by atoms with van der Waals surface area (Å²) in [5, 5.41) is -4.86. The Bertz CT molecular complexity index is 727. The smallest absolute Gasteiger partial charge is 0.358 e. The van der Waals surface area contributed by atoms with Gasteiger partial charge in [0, 0.05) is 6.42 Å². The molecular formula is C12H17F2O7S2-. The first-order valence-electron chi connectivity index (χ1n) is 6.88. The summed E-state index contributed by atoms with van der Waals surface area (Å²) in [5.74, 6) is -1.03. The van der Waals surface area contributed by atoms with Crippen LogP contribution in [0.25, 0.3) is 0 Å². The van der Waals surface area contributed by atoms with E-state index in [-0.39, 0.29) is 18.1 Å². The zero-order valence-corrected chi connectivity index (χ0v) is 14.2. The lowest BCUT2D eigenvalue weighted by Crippen LogP contribution is -2.43. The molecule has 7 nitrogen and oxygen atoms in total. The average Bonchev–Trinajstić information content (AvgIpc) is 2.69. The second-order valence-corrected chi connectivity index (χ2v) is 9.87. The van der Waals surface area contributed by atoms with Gasteiger partial charge in [0.05, 0.1) is 11.2 Å². The van der Waals surface area contributed by atoms with Gasteiger partial charge < -0.3 is 4.55 Å². The summed E-state index contributed by atoms with van der Waals surface area (Å²) >= 11 is 0. The number of carbonyl (C=O) groups excluding carboxylic acids is 1. The van der Waals surface area contributed by atoms with Crippen molar-refractivity contribution in [1.82, 2.24) is 0 Å². The molecule has 2 bridgehead atoms. The molecular weight excluding hydrogens is 358 g/mol. The van der Waals surface area contributed by atoms with E-state index in [1.54, 1.807) is 13.8 Å². The van der Waals surface area contributed by atoms with Gasteiger partial charge >= 0.3 is 5.25 Å². The summed E-state index contributed by atoms with van der Waals surface area (Å²) in [6, 6.07) is 0. The van der Waals surface area contributed by atoms with Gasteiger partial charge in [0.1, 0.15) is 12.4 Å². The van der Waals surface area contributed by atoms with E-state index in [1.165, 1.54) is 0 Å². The Balaban J connectivity index is 2.18. The summed E-state index contributed by atoms with van der Waals surface area (Å²) in [5.41, 5.74) is -1.84. The standard InChI is InChI=1S/C12H18F2O7S2/c1-10(2)8-3-4-11(10,9(15)5-8)7-22(16,17)21-6-12(13,14)23(18,19)20/h8H,3-7H2,1-2H3,(H,18,19,20)/p-1. The third-order valence-electron chi connectivity index (χ3n) is 5.33. The number of ketones is 1. The van der Waals surface area contributed by atoms with Crippen LogP contribution in [0.3, 0.4) is 0 Å². The topological polar surface area (TPSA) is 118 Å². The Kier molecular flexibility index (Phi) is 4.20. The molecule has 134 valence electrons. The molecule has 2 aliphatic carbocycles. The highest BCUT2D eigenvalue weighted by molar-refractivity contribution is 7.87. The monoisotopic (exact) mass is 375 g/mol. The molecule has 11 heteroatoms. The lowest BCUT2D eigenvalue weighted by molar-refractivity contribution is -0.128. The van der Waals surface area contributed by atoms with E-state index in [2.05, 4.69) is 4.18 Å². The number of halogens is 2. The van der Waals surface area contributed by atoms with Crippen LogP contribution in [0, 0.1) is 16.7 Å². The predicted molar refractivity (Wildman–Crippen MR) is 72.9 cm³/mol. The SMILES string of the molecule is CC1(C)C2CCC1(CS(=O)(=O)OCC(F)(F)S(=O)(=O)[O-])C(=O)C2. The van der Waals surface area contributed by atoms with Gasteiger partial charge in [-0.2, -0.15) is 17.2 Å². The molecule has 0 N–H and O–H groups in total. The molecule has 0 heterocycles. The highest BCUT2D eigenvalue weighted by Gasteiger charge is 2.65. The van der Waals surface area contributed by atoms with Crippen molar-refractivity contribution in [3.8, 4) is 0 Å². The van der Waals surface area contributed by atoms with Crippen LogP contribution < -0.4 is 0 Å². The van der Waals surface area contributed by atoms with Crippen molar-refractivity contribution in [2.24, 2.45) is 16.7 Å². The van der Waals surface area contributed by atoms with Gasteiger partial charge in [0.2, 0.25) is 0 Å². The number of Topliss-reactive ketones (excluding diaryl/α,β-unsaturated/α-hetero) is 1. The summed E-state index contributed by atoms with van der Waals surface area (Å²) in [6.07, 6.45) is 1.19. The van der Waals surface area contributed by atoms with Crippen molar-refractivity contribution in [2.45, 2.75) is 38.4 Å². The van der Waals surface area contributed by atoms with E-state index in [9.17, 15) is 35.0 Å². The third kappa shape index (κ3) is 2.92. The lowest BCUT2D eigenvalue weighted by Gasteiger charge is -2.35. The second kappa shape index (κ2) is 5.17. The fourth-order valence-corrected chi connectivity index (χ4v) is 5.65. The molecule has 0 spiro atoms. The molecule has 2 rings (SSSR count). The van der Waals surface area contributed by atoms with Crippen molar-refractivity contribution in [3.05, 3.63) is 0 Å². The van der Waals surface area contributed by atoms with Gasteiger partial charge in [-0.1, -0.05) is 13.8 Å². The molecule has 2 fully saturated rings. The van der Waals surface area contributed by atoms with Crippen molar-refractivity contribution in [3.63, 3.8) is 0 Å². The molecule has 0 aromatic rings. The van der Waals surface area contributed by atoms with Crippen LogP contribution in [-0.2, 0) is 29.2 Å². The molecule has 0 aromatic heterocycles. The number of fused-ring (bicyclic) bond motifs is 2. The van der Waals surface area contributed by atoms with Gasteiger partial charge in [-0.25, -0.2) is 8.42 Å². The molecule has 0 amide bonds. The summed E-state index contributed by atoms with van der Waals surface area (Å²) in [4.78, 5) is 12.2. The zero-order chi connectivity index (χ0) is 17.9. The molecule has 2 atom stereocenters. The number of hydrogen-bond donors (Lipinski definition) is 0. The van der Waals surface area contributed by atoms with Crippen molar-refractivity contribution in [1.29, 1.82) is 0 Å². The molecule has 0 saturated heterocycles. The average molecular weight is 375 g/mol. The Hall–Kier alpha value is -0.650. The van der Waals surface area contributed by atoms with Gasteiger partial charge in [0.15, 0.2) is 10.1 Å². The molecule has 23 heavy (non-hydrogen) atoms. The van der Waals surface area contributed by atoms with E-state index in [4.69, 9.17) is 0 Å². The maximum absolute atomic E-state index is 13.0. The number of alkyl halides is 2. The van der Waals surface area contributed by atoms with E-state index in [0.717, 1.165) is 0 Å². The largest absolute Gasteiger partial charge is 0.743 e. The van der Waals surface area contributed by atoms with Crippen molar-refractivity contribution >= 4 is 26.0 Å². The zero-order valence-electron chi connectivity index (χ0n) is 12.5. The van der Waals surface area contributed by atoms with Crippen LogP contribution in [-0.4, -0.2) is 44.8 Å². The molecule has 2 saturated carbocycles. The maximum atomic E-state index is 13.0. The van der Waals surface area contributed by atoms with Crippen LogP contribution in [0.1, 0.15) is 33.1 Å². The second-order valence-electron chi connectivity index (χ2n) is 6.72. The van der Waals surface area contributed by atoms with E-state index in [0.29, 0.717) is 12.8 Å². The fourth-order valence-electron chi connectivity index (χ4n) is 3.68. The van der Waals surface area contributed by atoms with Gasteiger partial charge in [-0.05, 0) is 24.2 Å². The normalized spacial score (nSPS) is 30.8. The molecule has 0 radical (unpaired) electrons. The number of hydrogen-bond acceptors (Lipinski definition) is 7. The van der Waals surface area contributed by atoms with Gasteiger partial charge in [-0.15, -0.1) is 0 Å². The van der Waals surface area contributed by atoms with Crippen LogP contribution in [0.5, 0.6) is 0 Å². The summed E-state index contributed by atoms with van der Waals surface area (Å²) in [7, 11) is -10.6. The first-order chi connectivity index (χ1) is 10.1. The lowest BCUT2D eigenvalue weighted by atomic mass is 9.70. The van der Waals surface area contributed by atoms with Crippen molar-refractivity contribution in [2.75, 3.05) is 12.4 Å². The van der Waals surface area contributed by atoms with Crippen LogP contribution in [0.15, 0.2) is 0 Å². The molecule has 2 unspecified atom stereocenters. The Morgan fingerprint density at radius 3 is 2.26 bits per heavy atom. The first-order valence-corrected chi connectivity index (χ1v) is 9.87. The van der Waals surface area contributed by atoms with Gasteiger partial charge in [0.25, 0.3) is 10.1 Å². The minimum absolute atomic E-state index is 0.0219. The Morgan fingerprint density at radius 1 is 1.30 bits per heavy atom.